The standard InChI is InChI=1S/C27H20N6O4/c34-27(23-12-6-8-18-7-4-5-11-22(18)23)32-31-26-24(33(35)36)25(28-17-29-26)30-19-13-15-21(16-14-19)37-20-9-2-1-3-10-20/h1-17H,(H,32,34)(H2,28,29,30,31). The smallest absolute Gasteiger partial charge is 0.355 e. The fraction of sp³-hybridized carbons (Fsp3) is 0. The summed E-state index contributed by atoms with van der Waals surface area (Å²) in [4.78, 5) is 32.1. The first kappa shape index (κ1) is 23.2. The summed E-state index contributed by atoms with van der Waals surface area (Å²) >= 11 is 0. The monoisotopic (exact) mass is 492 g/mol. The minimum absolute atomic E-state index is 0.0429. The Labute approximate surface area is 211 Å². The second-order valence-electron chi connectivity index (χ2n) is 7.85. The van der Waals surface area contributed by atoms with Crippen LogP contribution < -0.4 is 20.9 Å². The molecule has 1 amide bonds. The number of anilines is 3. The van der Waals surface area contributed by atoms with Crippen molar-refractivity contribution < 1.29 is 14.5 Å². The summed E-state index contributed by atoms with van der Waals surface area (Å²) in [7, 11) is 0. The summed E-state index contributed by atoms with van der Waals surface area (Å²) in [5.74, 6) is 0.621. The van der Waals surface area contributed by atoms with E-state index in [1.54, 1.807) is 36.4 Å². The van der Waals surface area contributed by atoms with Crippen LogP contribution in [0.25, 0.3) is 10.8 Å². The number of carbonyl (C=O) groups is 1. The molecule has 0 atom stereocenters. The average Bonchev–Trinajstić information content (AvgIpc) is 2.93. The maximum absolute atomic E-state index is 12.8. The van der Waals surface area contributed by atoms with Crippen LogP contribution in [-0.4, -0.2) is 20.8 Å². The molecule has 5 rings (SSSR count). The second kappa shape index (κ2) is 10.4. The number of nitrogens with one attached hydrogen (secondary N) is 3. The first-order chi connectivity index (χ1) is 18.1. The van der Waals surface area contributed by atoms with E-state index in [0.717, 1.165) is 17.1 Å². The molecule has 0 bridgehead atoms. The number of fused-ring (bicyclic) bond motifs is 1. The highest BCUT2D eigenvalue weighted by atomic mass is 16.6. The number of hydrogen-bond acceptors (Lipinski definition) is 8. The van der Waals surface area contributed by atoms with Crippen molar-refractivity contribution in [1.82, 2.24) is 15.4 Å². The lowest BCUT2D eigenvalue weighted by Gasteiger charge is -2.12. The van der Waals surface area contributed by atoms with Gasteiger partial charge in [0.15, 0.2) is 0 Å². The Kier molecular flexibility index (Phi) is 6.53. The van der Waals surface area contributed by atoms with Crippen LogP contribution in [0.3, 0.4) is 0 Å². The van der Waals surface area contributed by atoms with Crippen LogP contribution in [0.15, 0.2) is 103 Å². The van der Waals surface area contributed by atoms with Gasteiger partial charge in [-0.1, -0.05) is 54.6 Å². The van der Waals surface area contributed by atoms with E-state index >= 15 is 0 Å². The minimum atomic E-state index is -0.623. The molecule has 0 aliphatic rings. The van der Waals surface area contributed by atoms with Gasteiger partial charge in [-0.15, -0.1) is 0 Å². The van der Waals surface area contributed by atoms with Crippen LogP contribution in [0.4, 0.5) is 23.0 Å². The molecule has 4 aromatic carbocycles. The number of rotatable bonds is 8. The van der Waals surface area contributed by atoms with Crippen molar-refractivity contribution in [2.75, 3.05) is 10.7 Å². The third-order valence-electron chi connectivity index (χ3n) is 5.43. The number of hydrazine groups is 1. The van der Waals surface area contributed by atoms with E-state index in [9.17, 15) is 14.9 Å². The van der Waals surface area contributed by atoms with Gasteiger partial charge in [0.2, 0.25) is 11.6 Å². The number of hydrogen-bond donors (Lipinski definition) is 3. The Morgan fingerprint density at radius 1 is 0.784 bits per heavy atom. The van der Waals surface area contributed by atoms with Gasteiger partial charge in [0.25, 0.3) is 5.91 Å². The van der Waals surface area contributed by atoms with Crippen LogP contribution >= 0.6 is 0 Å². The van der Waals surface area contributed by atoms with Crippen molar-refractivity contribution >= 4 is 39.7 Å². The van der Waals surface area contributed by atoms with Crippen molar-refractivity contribution in [2.45, 2.75) is 0 Å². The molecule has 0 fully saturated rings. The third-order valence-corrected chi connectivity index (χ3v) is 5.43. The number of aromatic nitrogens is 2. The number of para-hydroxylation sites is 1. The van der Waals surface area contributed by atoms with E-state index in [1.807, 2.05) is 60.7 Å². The van der Waals surface area contributed by atoms with Gasteiger partial charge < -0.3 is 10.1 Å². The second-order valence-corrected chi connectivity index (χ2v) is 7.85. The zero-order chi connectivity index (χ0) is 25.6. The summed E-state index contributed by atoms with van der Waals surface area (Å²) in [6, 6.07) is 29.0. The first-order valence-corrected chi connectivity index (χ1v) is 11.2. The van der Waals surface area contributed by atoms with Gasteiger partial charge in [-0.05, 0) is 53.2 Å². The van der Waals surface area contributed by atoms with Gasteiger partial charge in [0.1, 0.15) is 17.8 Å². The Bertz CT molecular complexity index is 1570. The molecule has 182 valence electrons. The van der Waals surface area contributed by atoms with Gasteiger partial charge in [0, 0.05) is 11.3 Å². The van der Waals surface area contributed by atoms with Crippen LogP contribution in [-0.2, 0) is 0 Å². The molecule has 0 spiro atoms. The SMILES string of the molecule is O=C(NNc1ncnc(Nc2ccc(Oc3ccccc3)cc2)c1[N+](=O)[O-])c1cccc2ccccc12. The number of nitrogens with zero attached hydrogens (tertiary/aromatic N) is 3. The van der Waals surface area contributed by atoms with Crippen molar-refractivity contribution in [2.24, 2.45) is 0 Å². The number of ether oxygens (including phenoxy) is 1. The molecule has 37 heavy (non-hydrogen) atoms. The molecule has 3 N–H and O–H groups in total. The average molecular weight is 492 g/mol. The summed E-state index contributed by atoms with van der Waals surface area (Å²) in [6.45, 7) is 0. The summed E-state index contributed by atoms with van der Waals surface area (Å²) in [6.07, 6.45) is 1.16. The summed E-state index contributed by atoms with van der Waals surface area (Å²) in [5, 5.41) is 16.5. The van der Waals surface area contributed by atoms with Crippen LogP contribution in [0.2, 0.25) is 0 Å². The molecule has 1 heterocycles. The van der Waals surface area contributed by atoms with Crippen molar-refractivity contribution in [3.05, 3.63) is 119 Å². The maximum atomic E-state index is 12.8. The minimum Gasteiger partial charge on any atom is -0.457 e. The Morgan fingerprint density at radius 3 is 2.24 bits per heavy atom. The number of nitro groups is 1. The number of amides is 1. The highest BCUT2D eigenvalue weighted by Crippen LogP contribution is 2.32. The molecular formula is C27H20N6O4. The van der Waals surface area contributed by atoms with Gasteiger partial charge >= 0.3 is 5.69 Å². The molecule has 0 radical (unpaired) electrons. The number of benzene rings is 4. The van der Waals surface area contributed by atoms with Gasteiger partial charge in [0.05, 0.1) is 4.92 Å². The highest BCUT2D eigenvalue weighted by molar-refractivity contribution is 6.07. The molecule has 0 unspecified atom stereocenters. The van der Waals surface area contributed by atoms with Crippen molar-refractivity contribution in [1.29, 1.82) is 0 Å². The topological polar surface area (TPSA) is 131 Å². The quantitative estimate of drug-likeness (QED) is 0.182. The fourth-order valence-corrected chi connectivity index (χ4v) is 3.71. The Morgan fingerprint density at radius 2 is 1.46 bits per heavy atom. The van der Waals surface area contributed by atoms with Crippen LogP contribution in [0.1, 0.15) is 10.4 Å². The fourth-order valence-electron chi connectivity index (χ4n) is 3.71. The van der Waals surface area contributed by atoms with E-state index in [4.69, 9.17) is 4.74 Å². The molecule has 0 saturated carbocycles. The molecule has 10 heteroatoms. The van der Waals surface area contributed by atoms with E-state index in [1.165, 1.54) is 0 Å². The predicted molar refractivity (Wildman–Crippen MR) is 140 cm³/mol. The molecule has 0 aliphatic heterocycles. The Balaban J connectivity index is 1.32. The van der Waals surface area contributed by atoms with Gasteiger partial charge in [-0.2, -0.15) is 0 Å². The van der Waals surface area contributed by atoms with E-state index < -0.39 is 16.5 Å². The van der Waals surface area contributed by atoms with Crippen molar-refractivity contribution in [3.63, 3.8) is 0 Å². The Hall–Kier alpha value is -5.51. The largest absolute Gasteiger partial charge is 0.457 e. The van der Waals surface area contributed by atoms with Gasteiger partial charge in [-0.25, -0.2) is 9.97 Å². The number of carbonyl (C=O) groups excluding carboxylic acids is 1. The van der Waals surface area contributed by atoms with Crippen molar-refractivity contribution in [3.8, 4) is 11.5 Å². The van der Waals surface area contributed by atoms with Crippen LogP contribution in [0, 0.1) is 10.1 Å². The molecule has 10 nitrogen and oxygen atoms in total. The lowest BCUT2D eigenvalue weighted by Crippen LogP contribution is -2.30. The van der Waals surface area contributed by atoms with E-state index in [0.29, 0.717) is 22.7 Å². The zero-order valence-corrected chi connectivity index (χ0v) is 19.3. The molecule has 0 aliphatic carbocycles. The molecule has 5 aromatic rings. The molecule has 0 saturated heterocycles. The van der Waals surface area contributed by atoms with Gasteiger partial charge in [-0.3, -0.25) is 25.8 Å². The third kappa shape index (κ3) is 5.28. The molecular weight excluding hydrogens is 472 g/mol. The normalized spacial score (nSPS) is 10.5. The van der Waals surface area contributed by atoms with E-state index in [-0.39, 0.29) is 11.6 Å². The lowest BCUT2D eigenvalue weighted by molar-refractivity contribution is -0.383. The first-order valence-electron chi connectivity index (χ1n) is 11.2. The predicted octanol–water partition coefficient (Wildman–Crippen LogP) is 5.83. The maximum Gasteiger partial charge on any atom is 0.355 e. The van der Waals surface area contributed by atoms with E-state index in [2.05, 4.69) is 26.1 Å². The molecule has 1 aromatic heterocycles. The lowest BCUT2D eigenvalue weighted by atomic mass is 10.0. The summed E-state index contributed by atoms with van der Waals surface area (Å²) < 4.78 is 5.77. The zero-order valence-electron chi connectivity index (χ0n) is 19.3. The highest BCUT2D eigenvalue weighted by Gasteiger charge is 2.24. The van der Waals surface area contributed by atoms with Crippen LogP contribution in [0.5, 0.6) is 11.5 Å². The summed E-state index contributed by atoms with van der Waals surface area (Å²) in [5.41, 5.74) is 5.60.